The highest BCUT2D eigenvalue weighted by Crippen LogP contribution is 2.40. The van der Waals surface area contributed by atoms with Crippen molar-refractivity contribution < 1.29 is 10.2 Å². The van der Waals surface area contributed by atoms with Gasteiger partial charge in [0, 0.05) is 17.6 Å². The molecule has 5 N–H and O–H groups in total. The second-order valence-corrected chi connectivity index (χ2v) is 9.90. The molecule has 3 aromatic heterocycles. The Balaban J connectivity index is 1.17. The van der Waals surface area contributed by atoms with Crippen LogP contribution in [0.25, 0.3) is 21.9 Å². The molecule has 4 heterocycles. The molecule has 5 atom stereocenters. The molecule has 0 saturated heterocycles. The van der Waals surface area contributed by atoms with Crippen molar-refractivity contribution in [2.45, 2.75) is 56.4 Å². The molecule has 1 aliphatic carbocycles. The molecule has 1 aromatic carbocycles. The van der Waals surface area contributed by atoms with Gasteiger partial charge in [0.2, 0.25) is 0 Å². The van der Waals surface area contributed by atoms with Gasteiger partial charge >= 0.3 is 0 Å². The zero-order chi connectivity index (χ0) is 24.1. The molecular formula is C27H30N6O2. The van der Waals surface area contributed by atoms with Gasteiger partial charge in [-0.3, -0.25) is 0 Å². The molecule has 2 aliphatic rings. The number of aliphatic hydroxyl groups excluding tert-OH is 2. The molecule has 180 valence electrons. The van der Waals surface area contributed by atoms with Crippen molar-refractivity contribution in [3.05, 3.63) is 66.6 Å². The number of pyridine rings is 1. The van der Waals surface area contributed by atoms with Gasteiger partial charge in [0.15, 0.2) is 0 Å². The lowest BCUT2D eigenvalue weighted by atomic mass is 9.95. The van der Waals surface area contributed by atoms with E-state index in [1.165, 1.54) is 17.5 Å². The summed E-state index contributed by atoms with van der Waals surface area (Å²) >= 11 is 0. The van der Waals surface area contributed by atoms with Gasteiger partial charge in [-0.1, -0.05) is 18.2 Å². The van der Waals surface area contributed by atoms with Crippen LogP contribution in [0.1, 0.15) is 36.4 Å². The number of aliphatic hydroxyl groups is 2. The van der Waals surface area contributed by atoms with Crippen molar-refractivity contribution in [1.82, 2.24) is 19.5 Å². The summed E-state index contributed by atoms with van der Waals surface area (Å²) in [6.45, 7) is 3.85. The van der Waals surface area contributed by atoms with E-state index in [0.29, 0.717) is 23.9 Å². The highest BCUT2D eigenvalue weighted by molar-refractivity contribution is 5.86. The van der Waals surface area contributed by atoms with Crippen LogP contribution in [0.15, 0.2) is 55.5 Å². The zero-order valence-corrected chi connectivity index (χ0v) is 19.5. The minimum Gasteiger partial charge on any atom is -0.390 e. The first-order chi connectivity index (χ1) is 17.0. The van der Waals surface area contributed by atoms with Gasteiger partial charge in [-0.25, -0.2) is 15.0 Å². The number of aromatic nitrogens is 4. The maximum Gasteiger partial charge on any atom is 0.145 e. The van der Waals surface area contributed by atoms with Crippen LogP contribution >= 0.6 is 0 Å². The second-order valence-electron chi connectivity index (χ2n) is 9.90. The van der Waals surface area contributed by atoms with E-state index in [1.807, 2.05) is 22.9 Å². The molecule has 0 radical (unpaired) electrons. The average Bonchev–Trinajstić information content (AvgIpc) is 3.53. The summed E-state index contributed by atoms with van der Waals surface area (Å²) in [4.78, 5) is 13.3. The minimum absolute atomic E-state index is 0.0170. The van der Waals surface area contributed by atoms with Crippen LogP contribution in [0.3, 0.4) is 0 Å². The van der Waals surface area contributed by atoms with Crippen LogP contribution in [-0.2, 0) is 12.8 Å². The minimum atomic E-state index is -0.859. The molecule has 1 fully saturated rings. The SMILES string of the molecule is C=CC[C@@H]1Cc2cc3ccc(CC[C@@H]4C[C@H](n5ccc6c(N)ncnc65)[C@@H](O)[C@H]4O)cc3nc2N1. The van der Waals surface area contributed by atoms with E-state index >= 15 is 0 Å². The first-order valence-corrected chi connectivity index (χ1v) is 12.2. The van der Waals surface area contributed by atoms with Gasteiger partial charge < -0.3 is 25.8 Å². The van der Waals surface area contributed by atoms with Crippen LogP contribution < -0.4 is 11.1 Å². The summed E-state index contributed by atoms with van der Waals surface area (Å²) in [7, 11) is 0. The van der Waals surface area contributed by atoms with Gasteiger partial charge in [-0.05, 0) is 67.3 Å². The van der Waals surface area contributed by atoms with E-state index in [9.17, 15) is 10.2 Å². The Morgan fingerprint density at radius 2 is 2.06 bits per heavy atom. The molecule has 8 nitrogen and oxygen atoms in total. The molecule has 0 amide bonds. The number of fused-ring (bicyclic) bond motifs is 3. The number of nitrogens with two attached hydrogens (primary N) is 1. The third-order valence-corrected chi connectivity index (χ3v) is 7.69. The Morgan fingerprint density at radius 1 is 1.17 bits per heavy atom. The molecule has 1 saturated carbocycles. The number of anilines is 2. The lowest BCUT2D eigenvalue weighted by Crippen LogP contribution is -2.29. The number of nitrogens with one attached hydrogen (secondary N) is 1. The van der Waals surface area contributed by atoms with Gasteiger partial charge in [0.1, 0.15) is 29.7 Å². The molecule has 0 unspecified atom stereocenters. The van der Waals surface area contributed by atoms with E-state index in [1.54, 1.807) is 0 Å². The van der Waals surface area contributed by atoms with Crippen LogP contribution in [0.4, 0.5) is 11.6 Å². The average molecular weight is 471 g/mol. The Morgan fingerprint density at radius 3 is 2.91 bits per heavy atom. The first-order valence-electron chi connectivity index (χ1n) is 12.2. The summed E-state index contributed by atoms with van der Waals surface area (Å²) in [5.41, 5.74) is 10.1. The predicted octanol–water partition coefficient (Wildman–Crippen LogP) is 3.39. The van der Waals surface area contributed by atoms with Gasteiger partial charge in [-0.15, -0.1) is 6.58 Å². The molecule has 8 heteroatoms. The van der Waals surface area contributed by atoms with Crippen LogP contribution in [-0.4, -0.2) is 48.0 Å². The Hall–Kier alpha value is -3.49. The third kappa shape index (κ3) is 3.83. The van der Waals surface area contributed by atoms with E-state index in [0.717, 1.165) is 47.8 Å². The lowest BCUT2D eigenvalue weighted by molar-refractivity contribution is 0.00545. The lowest BCUT2D eigenvalue weighted by Gasteiger charge is -2.19. The smallest absolute Gasteiger partial charge is 0.145 e. The monoisotopic (exact) mass is 470 g/mol. The molecule has 0 spiro atoms. The number of hydrogen-bond acceptors (Lipinski definition) is 7. The molecule has 6 rings (SSSR count). The fraction of sp³-hybridized carbons (Fsp3) is 0.370. The molecular weight excluding hydrogens is 440 g/mol. The number of hydrogen-bond donors (Lipinski definition) is 4. The summed E-state index contributed by atoms with van der Waals surface area (Å²) in [6.07, 6.45) is 7.77. The van der Waals surface area contributed by atoms with Crippen molar-refractivity contribution in [3.63, 3.8) is 0 Å². The maximum atomic E-state index is 10.8. The standard InChI is InChI=1S/C27H30N6O2/c1-2-3-19-12-18-11-16-6-4-15(10-21(16)32-26(18)31-19)5-7-17-13-22(24(35)23(17)34)33-9-8-20-25(28)29-14-30-27(20)33/h2,4,6,8-11,14,17,19,22-24,34-35H,1,3,5,7,12-13H2,(H,31,32)(H2,28,29,30)/t17-,19-,22+,23+,24-/m1/s1. The number of aryl methyl sites for hydroxylation is 1. The van der Waals surface area contributed by atoms with Crippen LogP contribution in [0.5, 0.6) is 0 Å². The largest absolute Gasteiger partial charge is 0.390 e. The Bertz CT molecular complexity index is 1420. The predicted molar refractivity (Wildman–Crippen MR) is 137 cm³/mol. The Kier molecular flexibility index (Phi) is 5.42. The van der Waals surface area contributed by atoms with Crippen molar-refractivity contribution in [2.24, 2.45) is 5.92 Å². The van der Waals surface area contributed by atoms with Crippen molar-refractivity contribution >= 4 is 33.6 Å². The van der Waals surface area contributed by atoms with Gasteiger partial charge in [0.25, 0.3) is 0 Å². The topological polar surface area (TPSA) is 122 Å². The summed E-state index contributed by atoms with van der Waals surface area (Å²) in [5, 5.41) is 27.1. The van der Waals surface area contributed by atoms with Crippen molar-refractivity contribution in [1.29, 1.82) is 0 Å². The molecule has 1 aliphatic heterocycles. The number of benzene rings is 1. The summed E-state index contributed by atoms with van der Waals surface area (Å²) in [6, 6.07) is 10.6. The Labute approximate surface area is 203 Å². The van der Waals surface area contributed by atoms with Crippen molar-refractivity contribution in [2.75, 3.05) is 11.1 Å². The van der Waals surface area contributed by atoms with Crippen molar-refractivity contribution in [3.8, 4) is 0 Å². The van der Waals surface area contributed by atoms with E-state index in [4.69, 9.17) is 10.7 Å². The van der Waals surface area contributed by atoms with Gasteiger partial charge in [0.05, 0.1) is 23.0 Å². The first kappa shape index (κ1) is 22.0. The zero-order valence-electron chi connectivity index (χ0n) is 19.5. The van der Waals surface area contributed by atoms with Gasteiger partial charge in [-0.2, -0.15) is 0 Å². The van der Waals surface area contributed by atoms with Crippen LogP contribution in [0.2, 0.25) is 0 Å². The van der Waals surface area contributed by atoms with E-state index < -0.39 is 12.2 Å². The quantitative estimate of drug-likeness (QED) is 0.319. The molecule has 35 heavy (non-hydrogen) atoms. The molecule has 0 bridgehead atoms. The number of rotatable bonds is 6. The molecule has 4 aromatic rings. The number of nitrogens with zero attached hydrogens (tertiary/aromatic N) is 4. The summed E-state index contributed by atoms with van der Waals surface area (Å²) in [5.74, 6) is 1.37. The van der Waals surface area contributed by atoms with Crippen LogP contribution in [0, 0.1) is 5.92 Å². The third-order valence-electron chi connectivity index (χ3n) is 7.69. The maximum absolute atomic E-state index is 10.8. The summed E-state index contributed by atoms with van der Waals surface area (Å²) < 4.78 is 1.93. The normalized spacial score (nSPS) is 25.7. The highest BCUT2D eigenvalue weighted by atomic mass is 16.3. The van der Waals surface area contributed by atoms with E-state index in [2.05, 4.69) is 46.1 Å². The fourth-order valence-electron chi connectivity index (χ4n) is 5.82. The highest BCUT2D eigenvalue weighted by Gasteiger charge is 2.42. The van der Waals surface area contributed by atoms with E-state index in [-0.39, 0.29) is 12.0 Å². The number of nitrogen functional groups attached to an aromatic ring is 1. The second kappa shape index (κ2) is 8.62. The fourth-order valence-corrected chi connectivity index (χ4v) is 5.82.